The van der Waals surface area contributed by atoms with Crippen LogP contribution in [0, 0.1) is 11.8 Å². The molecule has 0 heterocycles. The lowest BCUT2D eigenvalue weighted by atomic mass is 10.1. The fourth-order valence-electron chi connectivity index (χ4n) is 3.77. The van der Waals surface area contributed by atoms with Crippen LogP contribution in [-0.4, -0.2) is 52.9 Å². The van der Waals surface area contributed by atoms with Crippen molar-refractivity contribution in [1.29, 1.82) is 0 Å². The number of hydrogen-bond acceptors (Lipinski definition) is 6. The van der Waals surface area contributed by atoms with Gasteiger partial charge in [-0.15, -0.1) is 4.40 Å². The van der Waals surface area contributed by atoms with Crippen molar-refractivity contribution in [1.82, 2.24) is 4.90 Å². The topological polar surface area (TPSA) is 97.3 Å². The van der Waals surface area contributed by atoms with E-state index in [9.17, 15) is 13.2 Å². The van der Waals surface area contributed by atoms with Gasteiger partial charge < -0.3 is 19.7 Å². The average Bonchev–Trinajstić information content (AvgIpc) is 3.70. The number of benzene rings is 2. The highest BCUT2D eigenvalue weighted by molar-refractivity contribution is 7.90. The van der Waals surface area contributed by atoms with Gasteiger partial charge in [0, 0.05) is 20.1 Å². The van der Waals surface area contributed by atoms with Gasteiger partial charge in [-0.05, 0) is 61.8 Å². The molecule has 0 amide bonds. The molecule has 0 atom stereocenters. The highest BCUT2D eigenvalue weighted by Gasteiger charge is 2.42. The number of anilines is 1. The summed E-state index contributed by atoms with van der Waals surface area (Å²) in [6, 6.07) is 12.0. The van der Waals surface area contributed by atoms with Crippen LogP contribution in [0.2, 0.25) is 0 Å². The largest absolute Gasteiger partial charge is 0.465 e. The molecule has 8 nitrogen and oxygen atoms in total. The quantitative estimate of drug-likeness (QED) is 0.316. The third kappa shape index (κ3) is 5.65. The first-order valence-electron chi connectivity index (χ1n) is 11.0. The van der Waals surface area contributed by atoms with Gasteiger partial charge in [-0.25, -0.2) is 4.79 Å². The minimum atomic E-state index is -4.18. The van der Waals surface area contributed by atoms with Crippen LogP contribution < -0.4 is 10.1 Å². The summed E-state index contributed by atoms with van der Waals surface area (Å²) in [7, 11) is 0.430. The second kappa shape index (κ2) is 9.43. The van der Waals surface area contributed by atoms with Crippen molar-refractivity contribution in [2.45, 2.75) is 36.6 Å². The predicted octanol–water partition coefficient (Wildman–Crippen LogP) is 4.14. The Kier molecular flexibility index (Phi) is 6.60. The molecular weight excluding hydrogens is 442 g/mol. The molecule has 9 heteroatoms. The van der Waals surface area contributed by atoms with Crippen LogP contribution in [0.15, 0.2) is 51.8 Å². The first-order chi connectivity index (χ1) is 15.8. The molecule has 0 radical (unpaired) electrons. The van der Waals surface area contributed by atoms with Crippen molar-refractivity contribution in [2.24, 2.45) is 16.2 Å². The van der Waals surface area contributed by atoms with E-state index >= 15 is 0 Å². The van der Waals surface area contributed by atoms with Crippen LogP contribution in [0.3, 0.4) is 0 Å². The number of carbonyl (C=O) groups excluding carboxylic acids is 1. The Balaban J connectivity index is 1.86. The number of methoxy groups -OCH3 is 1. The molecule has 2 aliphatic rings. The van der Waals surface area contributed by atoms with Crippen molar-refractivity contribution in [3.05, 3.63) is 48.0 Å². The molecule has 0 aromatic heterocycles. The Morgan fingerprint density at radius 2 is 1.76 bits per heavy atom. The summed E-state index contributed by atoms with van der Waals surface area (Å²) in [5, 5.41) is 3.53. The van der Waals surface area contributed by atoms with E-state index in [4.69, 9.17) is 9.47 Å². The zero-order chi connectivity index (χ0) is 23.6. The minimum absolute atomic E-state index is 0.115. The van der Waals surface area contributed by atoms with Crippen molar-refractivity contribution in [2.75, 3.05) is 26.5 Å². The number of carbonyl (C=O) groups is 1. The first kappa shape index (κ1) is 23.1. The fraction of sp³-hybridized carbons (Fsp3) is 0.417. The predicted molar refractivity (Wildman–Crippen MR) is 127 cm³/mol. The van der Waals surface area contributed by atoms with E-state index in [2.05, 4.69) is 9.71 Å². The molecule has 33 heavy (non-hydrogen) atoms. The lowest BCUT2D eigenvalue weighted by Crippen LogP contribution is -2.25. The molecule has 0 saturated heterocycles. The molecule has 2 fully saturated rings. The van der Waals surface area contributed by atoms with Crippen molar-refractivity contribution in [3.8, 4) is 11.5 Å². The van der Waals surface area contributed by atoms with Gasteiger partial charge >= 0.3 is 5.97 Å². The second-order valence-electron chi connectivity index (χ2n) is 8.76. The number of nitrogens with zero attached hydrogens (tertiary/aromatic N) is 2. The third-order valence-electron chi connectivity index (χ3n) is 5.72. The maximum atomic E-state index is 13.3. The van der Waals surface area contributed by atoms with Gasteiger partial charge in [-0.2, -0.15) is 8.42 Å². The first-order valence-corrected chi connectivity index (χ1v) is 12.4. The number of ether oxygens (including phenoxy) is 2. The van der Waals surface area contributed by atoms with Gasteiger partial charge in [0.15, 0.2) is 5.75 Å². The maximum absolute atomic E-state index is 13.3. The molecule has 2 aromatic carbocycles. The van der Waals surface area contributed by atoms with Crippen LogP contribution in [-0.2, 0) is 14.8 Å². The molecule has 4 rings (SSSR count). The zero-order valence-electron chi connectivity index (χ0n) is 19.0. The van der Waals surface area contributed by atoms with Crippen LogP contribution in [0.1, 0.15) is 36.0 Å². The Morgan fingerprint density at radius 3 is 2.30 bits per heavy atom. The van der Waals surface area contributed by atoms with E-state index in [1.807, 2.05) is 6.07 Å². The molecule has 0 spiro atoms. The number of para-hydroxylation sites is 1. The summed E-state index contributed by atoms with van der Waals surface area (Å²) in [6.07, 6.45) is 5.75. The number of sulfonamides is 1. The van der Waals surface area contributed by atoms with E-state index in [1.54, 1.807) is 44.4 Å². The Hall–Kier alpha value is -3.07. The molecule has 1 N–H and O–H groups in total. The number of esters is 1. The Bertz CT molecular complexity index is 1130. The van der Waals surface area contributed by atoms with E-state index in [0.717, 1.165) is 25.7 Å². The smallest absolute Gasteiger partial charge is 0.337 e. The number of hydrogen-bond donors (Lipinski definition) is 1. The lowest BCUT2D eigenvalue weighted by Gasteiger charge is -2.23. The van der Waals surface area contributed by atoms with Crippen LogP contribution in [0.5, 0.6) is 11.5 Å². The zero-order valence-corrected chi connectivity index (χ0v) is 19.8. The third-order valence-corrected chi connectivity index (χ3v) is 6.95. The average molecular weight is 472 g/mol. The van der Waals surface area contributed by atoms with Gasteiger partial charge in [0.2, 0.25) is 0 Å². The lowest BCUT2D eigenvalue weighted by molar-refractivity contribution is 0.0600. The van der Waals surface area contributed by atoms with Crippen molar-refractivity contribution < 1.29 is 22.7 Å². The van der Waals surface area contributed by atoms with E-state index in [-0.39, 0.29) is 22.3 Å². The normalized spacial score (nSPS) is 16.1. The summed E-state index contributed by atoms with van der Waals surface area (Å²) in [4.78, 5) is 13.8. The molecule has 0 unspecified atom stereocenters. The molecular formula is C24H29N3O5S. The van der Waals surface area contributed by atoms with Crippen LogP contribution in [0.25, 0.3) is 0 Å². The van der Waals surface area contributed by atoms with E-state index < -0.39 is 16.0 Å². The Labute approximate surface area is 194 Å². The van der Waals surface area contributed by atoms with Gasteiger partial charge in [0.25, 0.3) is 10.0 Å². The molecule has 2 aliphatic carbocycles. The molecule has 176 valence electrons. The van der Waals surface area contributed by atoms with Crippen LogP contribution in [0.4, 0.5) is 5.69 Å². The summed E-state index contributed by atoms with van der Waals surface area (Å²) in [5.74, 6) is 1.04. The van der Waals surface area contributed by atoms with Gasteiger partial charge in [-0.1, -0.05) is 18.2 Å². The second-order valence-corrected chi connectivity index (χ2v) is 10.4. The molecule has 2 saturated carbocycles. The Morgan fingerprint density at radius 1 is 1.12 bits per heavy atom. The summed E-state index contributed by atoms with van der Waals surface area (Å²) < 4.78 is 41.3. The number of nitrogens with one attached hydrogen (secondary N) is 1. The minimum Gasteiger partial charge on any atom is -0.465 e. The van der Waals surface area contributed by atoms with Gasteiger partial charge in [0.1, 0.15) is 17.0 Å². The molecule has 0 bridgehead atoms. The summed E-state index contributed by atoms with van der Waals surface area (Å²) in [6.45, 7) is 0. The molecule has 2 aromatic rings. The summed E-state index contributed by atoms with van der Waals surface area (Å²) in [5.41, 5.74) is 0.563. The maximum Gasteiger partial charge on any atom is 0.337 e. The van der Waals surface area contributed by atoms with Crippen molar-refractivity contribution in [3.63, 3.8) is 0 Å². The number of rotatable bonds is 10. The van der Waals surface area contributed by atoms with Crippen LogP contribution >= 0.6 is 0 Å². The van der Waals surface area contributed by atoms with E-state index in [0.29, 0.717) is 23.3 Å². The highest BCUT2D eigenvalue weighted by Crippen LogP contribution is 2.48. The highest BCUT2D eigenvalue weighted by atomic mass is 32.2. The van der Waals surface area contributed by atoms with E-state index in [1.165, 1.54) is 24.4 Å². The molecule has 0 aliphatic heterocycles. The van der Waals surface area contributed by atoms with Gasteiger partial charge in [-0.3, -0.25) is 0 Å². The summed E-state index contributed by atoms with van der Waals surface area (Å²) >= 11 is 0. The van der Waals surface area contributed by atoms with Gasteiger partial charge in [0.05, 0.1) is 18.4 Å². The van der Waals surface area contributed by atoms with Crippen molar-refractivity contribution >= 4 is 28.0 Å². The monoisotopic (exact) mass is 471 g/mol. The standard InChI is InChI=1S/C24H29N3O5S/c1-27(2)15-25-33(29,30)21-14-18(24(28)31-3)13-20(23(21)32-19-7-5-4-6-8-19)26-22(16-9-10-16)17-11-12-17/h4-8,13-17,22,26H,9-12H2,1-3H3. The fourth-order valence-corrected chi connectivity index (χ4v) is 4.86. The SMILES string of the molecule is COC(=O)c1cc(NC(C2CC2)C2CC2)c(Oc2ccccc2)c(S(=O)(=O)N=CN(C)C)c1.